The van der Waals surface area contributed by atoms with Crippen LogP contribution in [0.2, 0.25) is 0 Å². The van der Waals surface area contributed by atoms with Gasteiger partial charge in [-0.1, -0.05) is 13.8 Å². The summed E-state index contributed by atoms with van der Waals surface area (Å²) < 4.78 is 5.55. The fraction of sp³-hybridized carbons (Fsp3) is 0.562. The van der Waals surface area contributed by atoms with E-state index >= 15 is 0 Å². The minimum atomic E-state index is -0.417. The predicted molar refractivity (Wildman–Crippen MR) is 80.1 cm³/mol. The Morgan fingerprint density at radius 3 is 2.80 bits per heavy atom. The molecule has 3 rings (SSSR count). The normalized spacial score (nSPS) is 28.2. The van der Waals surface area contributed by atoms with Crippen LogP contribution in [0, 0.1) is 11.8 Å². The highest BCUT2D eigenvalue weighted by atomic mass is 16.5. The highest BCUT2D eigenvalue weighted by molar-refractivity contribution is 5.98. The van der Waals surface area contributed by atoms with Gasteiger partial charge in [0.1, 0.15) is 5.75 Å². The van der Waals surface area contributed by atoms with Gasteiger partial charge >= 0.3 is 0 Å². The highest BCUT2D eigenvalue weighted by Gasteiger charge is 2.31. The number of hydrogen-bond acceptors (Lipinski definition) is 3. The molecule has 1 saturated carbocycles. The first-order valence-electron chi connectivity index (χ1n) is 7.41. The maximum Gasteiger partial charge on any atom is 0.265 e. The summed E-state index contributed by atoms with van der Waals surface area (Å²) in [7, 11) is 0. The molecule has 1 aromatic carbocycles. The molecule has 4 heteroatoms. The first-order valence-corrected chi connectivity index (χ1v) is 7.41. The maximum absolute atomic E-state index is 11.6. The van der Waals surface area contributed by atoms with Crippen molar-refractivity contribution in [1.82, 2.24) is 0 Å². The van der Waals surface area contributed by atoms with Gasteiger partial charge in [-0.15, -0.1) is 0 Å². The standard InChI is InChI=1S/C16H22N2O2/c1-9(2)11-6-13(7-11)17-12-4-5-15-14(8-12)18-16(19)10(3)20-15/h4-5,8-11,13,17H,6-7H2,1-3H3,(H,18,19). The molecule has 1 fully saturated rings. The van der Waals surface area contributed by atoms with Crippen LogP contribution in [0.15, 0.2) is 18.2 Å². The molecule has 2 aliphatic rings. The molecule has 1 amide bonds. The third-order valence-electron chi connectivity index (χ3n) is 4.40. The van der Waals surface area contributed by atoms with E-state index in [4.69, 9.17) is 4.74 Å². The molecule has 0 bridgehead atoms. The third kappa shape index (κ3) is 2.47. The second-order valence-electron chi connectivity index (χ2n) is 6.28. The zero-order valence-electron chi connectivity index (χ0n) is 12.3. The molecule has 0 spiro atoms. The molecule has 1 aliphatic carbocycles. The molecule has 1 heterocycles. The van der Waals surface area contributed by atoms with E-state index in [1.54, 1.807) is 6.92 Å². The summed E-state index contributed by atoms with van der Waals surface area (Å²) in [5.41, 5.74) is 1.81. The average molecular weight is 274 g/mol. The Balaban J connectivity index is 1.65. The van der Waals surface area contributed by atoms with Gasteiger partial charge in [-0.05, 0) is 49.8 Å². The zero-order valence-corrected chi connectivity index (χ0v) is 12.3. The van der Waals surface area contributed by atoms with Gasteiger partial charge in [-0.2, -0.15) is 0 Å². The Hall–Kier alpha value is -1.71. The van der Waals surface area contributed by atoms with Crippen molar-refractivity contribution in [2.24, 2.45) is 11.8 Å². The fourth-order valence-electron chi connectivity index (χ4n) is 2.86. The number of anilines is 2. The Labute approximate surface area is 119 Å². The van der Waals surface area contributed by atoms with Gasteiger partial charge in [0.15, 0.2) is 6.10 Å². The summed E-state index contributed by atoms with van der Waals surface area (Å²) >= 11 is 0. The maximum atomic E-state index is 11.6. The summed E-state index contributed by atoms with van der Waals surface area (Å²) in [5, 5.41) is 6.41. The number of fused-ring (bicyclic) bond motifs is 1. The topological polar surface area (TPSA) is 50.4 Å². The van der Waals surface area contributed by atoms with Crippen molar-refractivity contribution in [3.8, 4) is 5.75 Å². The molecule has 1 unspecified atom stereocenters. The van der Waals surface area contributed by atoms with E-state index in [-0.39, 0.29) is 5.91 Å². The van der Waals surface area contributed by atoms with Gasteiger partial charge in [0.2, 0.25) is 0 Å². The molecule has 1 atom stereocenters. The second-order valence-corrected chi connectivity index (χ2v) is 6.28. The number of carbonyl (C=O) groups is 1. The number of ether oxygens (including phenoxy) is 1. The molecule has 0 saturated heterocycles. The number of nitrogens with one attached hydrogen (secondary N) is 2. The Kier molecular flexibility index (Phi) is 3.32. The van der Waals surface area contributed by atoms with E-state index in [2.05, 4.69) is 24.5 Å². The predicted octanol–water partition coefficient (Wildman–Crippen LogP) is 3.25. The van der Waals surface area contributed by atoms with E-state index in [9.17, 15) is 4.79 Å². The molecule has 4 nitrogen and oxygen atoms in total. The van der Waals surface area contributed by atoms with Gasteiger partial charge in [-0.3, -0.25) is 4.79 Å². The lowest BCUT2D eigenvalue weighted by Crippen LogP contribution is -2.38. The summed E-state index contributed by atoms with van der Waals surface area (Å²) in [4.78, 5) is 11.6. The molecule has 1 aliphatic heterocycles. The summed E-state index contributed by atoms with van der Waals surface area (Å²) in [6.45, 7) is 6.33. The van der Waals surface area contributed by atoms with Crippen LogP contribution in [0.1, 0.15) is 33.6 Å². The van der Waals surface area contributed by atoms with E-state index in [0.29, 0.717) is 6.04 Å². The van der Waals surface area contributed by atoms with Crippen LogP contribution in [0.3, 0.4) is 0 Å². The minimum Gasteiger partial charge on any atom is -0.479 e. The van der Waals surface area contributed by atoms with Crippen LogP contribution in [-0.2, 0) is 4.79 Å². The summed E-state index contributed by atoms with van der Waals surface area (Å²) in [6, 6.07) is 6.46. The lowest BCUT2D eigenvalue weighted by atomic mass is 9.73. The minimum absolute atomic E-state index is 0.0850. The quantitative estimate of drug-likeness (QED) is 0.889. The van der Waals surface area contributed by atoms with E-state index in [1.807, 2.05) is 18.2 Å². The highest BCUT2D eigenvalue weighted by Crippen LogP contribution is 2.37. The van der Waals surface area contributed by atoms with Gasteiger partial charge in [0.05, 0.1) is 5.69 Å². The van der Waals surface area contributed by atoms with Crippen LogP contribution < -0.4 is 15.4 Å². The van der Waals surface area contributed by atoms with Crippen molar-refractivity contribution in [2.45, 2.75) is 45.8 Å². The number of benzene rings is 1. The lowest BCUT2D eigenvalue weighted by molar-refractivity contribution is -0.122. The SMILES string of the molecule is CC1Oc2ccc(NC3CC(C(C)C)C3)cc2NC1=O. The summed E-state index contributed by atoms with van der Waals surface area (Å²) in [6.07, 6.45) is 2.04. The van der Waals surface area contributed by atoms with Crippen LogP contribution >= 0.6 is 0 Å². The van der Waals surface area contributed by atoms with Crippen molar-refractivity contribution in [3.63, 3.8) is 0 Å². The molecular weight excluding hydrogens is 252 g/mol. The monoisotopic (exact) mass is 274 g/mol. The van der Waals surface area contributed by atoms with Crippen molar-refractivity contribution in [2.75, 3.05) is 10.6 Å². The van der Waals surface area contributed by atoms with Gasteiger partial charge in [0, 0.05) is 11.7 Å². The molecule has 1 aromatic rings. The Morgan fingerprint density at radius 1 is 1.35 bits per heavy atom. The van der Waals surface area contributed by atoms with E-state index < -0.39 is 6.10 Å². The van der Waals surface area contributed by atoms with E-state index in [0.717, 1.165) is 29.0 Å². The van der Waals surface area contributed by atoms with Crippen molar-refractivity contribution in [1.29, 1.82) is 0 Å². The molecule has 2 N–H and O–H groups in total. The zero-order chi connectivity index (χ0) is 14.3. The van der Waals surface area contributed by atoms with Crippen molar-refractivity contribution < 1.29 is 9.53 Å². The third-order valence-corrected chi connectivity index (χ3v) is 4.40. The number of amides is 1. The van der Waals surface area contributed by atoms with Crippen molar-refractivity contribution >= 4 is 17.3 Å². The molecular formula is C16H22N2O2. The molecule has 20 heavy (non-hydrogen) atoms. The largest absolute Gasteiger partial charge is 0.479 e. The molecule has 108 valence electrons. The number of carbonyl (C=O) groups excluding carboxylic acids is 1. The first-order chi connectivity index (χ1) is 9.52. The van der Waals surface area contributed by atoms with Crippen LogP contribution in [-0.4, -0.2) is 18.1 Å². The van der Waals surface area contributed by atoms with Crippen molar-refractivity contribution in [3.05, 3.63) is 18.2 Å². The van der Waals surface area contributed by atoms with Crippen LogP contribution in [0.4, 0.5) is 11.4 Å². The average Bonchev–Trinajstić information content (AvgIpc) is 2.34. The molecule has 0 aromatic heterocycles. The van der Waals surface area contributed by atoms with Gasteiger partial charge < -0.3 is 15.4 Å². The Bertz CT molecular complexity index is 521. The lowest BCUT2D eigenvalue weighted by Gasteiger charge is -2.39. The number of hydrogen-bond donors (Lipinski definition) is 2. The van der Waals surface area contributed by atoms with Gasteiger partial charge in [-0.25, -0.2) is 0 Å². The second kappa shape index (κ2) is 5.00. The number of rotatable bonds is 3. The van der Waals surface area contributed by atoms with E-state index in [1.165, 1.54) is 12.8 Å². The summed E-state index contributed by atoms with van der Waals surface area (Å²) in [5.74, 6) is 2.27. The fourth-order valence-corrected chi connectivity index (χ4v) is 2.86. The molecule has 0 radical (unpaired) electrons. The van der Waals surface area contributed by atoms with Crippen LogP contribution in [0.25, 0.3) is 0 Å². The smallest absolute Gasteiger partial charge is 0.265 e. The van der Waals surface area contributed by atoms with Crippen LogP contribution in [0.5, 0.6) is 5.75 Å². The van der Waals surface area contributed by atoms with Gasteiger partial charge in [0.25, 0.3) is 5.91 Å². The Morgan fingerprint density at radius 2 is 2.10 bits per heavy atom. The first kappa shape index (κ1) is 13.3.